The third-order valence-electron chi connectivity index (χ3n) is 1.96. The minimum Gasteiger partial charge on any atom is -0.278 e. The molecule has 4 nitrogen and oxygen atoms in total. The molecule has 1 aromatic carbocycles. The van der Waals surface area contributed by atoms with Crippen LogP contribution in [0, 0.1) is 0 Å². The lowest BCUT2D eigenvalue weighted by molar-refractivity contribution is 0.765. The van der Waals surface area contributed by atoms with Crippen LogP contribution in [0.2, 0.25) is 0 Å². The molecule has 2 rings (SSSR count). The molecular formula is C11H11BrN4. The number of rotatable bonds is 3. The number of hydrogen-bond donors (Lipinski definition) is 1. The summed E-state index contributed by atoms with van der Waals surface area (Å²) in [5, 5.41) is 8.33. The fourth-order valence-electron chi connectivity index (χ4n) is 1.24. The van der Waals surface area contributed by atoms with Crippen LogP contribution in [0.25, 0.3) is 0 Å². The highest BCUT2D eigenvalue weighted by Gasteiger charge is 2.00. The first-order valence-electron chi connectivity index (χ1n) is 4.79. The van der Waals surface area contributed by atoms with Gasteiger partial charge in [0.25, 0.3) is 0 Å². The van der Waals surface area contributed by atoms with Gasteiger partial charge in [-0.15, -0.1) is 0 Å². The van der Waals surface area contributed by atoms with E-state index in [2.05, 4.69) is 31.6 Å². The van der Waals surface area contributed by atoms with E-state index in [-0.39, 0.29) is 0 Å². The molecule has 0 atom stereocenters. The Balaban J connectivity index is 2.03. The monoisotopic (exact) mass is 278 g/mol. The zero-order chi connectivity index (χ0) is 11.4. The standard InChI is InChI=1S/C11H11BrN4/c1-16-8-10(12)11(15-16)7-13-14-9-5-3-2-4-6-9/h2-8,14H,1H3/b13-7-. The predicted octanol–water partition coefficient (Wildman–Crippen LogP) is 2.63. The third kappa shape index (κ3) is 2.70. The molecule has 0 aliphatic carbocycles. The number of para-hydroxylation sites is 1. The Morgan fingerprint density at radius 3 is 2.75 bits per heavy atom. The van der Waals surface area contributed by atoms with Crippen molar-refractivity contribution in [3.05, 3.63) is 46.7 Å². The van der Waals surface area contributed by atoms with Gasteiger partial charge in [0, 0.05) is 13.2 Å². The molecule has 0 saturated heterocycles. The Morgan fingerprint density at radius 1 is 1.38 bits per heavy atom. The van der Waals surface area contributed by atoms with Crippen molar-refractivity contribution < 1.29 is 0 Å². The van der Waals surface area contributed by atoms with Crippen molar-refractivity contribution >= 4 is 27.8 Å². The van der Waals surface area contributed by atoms with Crippen molar-refractivity contribution in [3.63, 3.8) is 0 Å². The average molecular weight is 279 g/mol. The second kappa shape index (κ2) is 4.94. The fourth-order valence-corrected chi connectivity index (χ4v) is 1.72. The fraction of sp³-hybridized carbons (Fsp3) is 0.0909. The third-order valence-corrected chi connectivity index (χ3v) is 2.58. The highest BCUT2D eigenvalue weighted by atomic mass is 79.9. The van der Waals surface area contributed by atoms with Crippen LogP contribution in [0.1, 0.15) is 5.69 Å². The van der Waals surface area contributed by atoms with Gasteiger partial charge in [-0.2, -0.15) is 10.2 Å². The van der Waals surface area contributed by atoms with Crippen LogP contribution in [-0.4, -0.2) is 16.0 Å². The lowest BCUT2D eigenvalue weighted by atomic mass is 10.3. The van der Waals surface area contributed by atoms with E-state index in [1.54, 1.807) is 10.9 Å². The molecule has 0 aliphatic heterocycles. The average Bonchev–Trinajstić information content (AvgIpc) is 2.59. The van der Waals surface area contributed by atoms with Crippen molar-refractivity contribution in [3.8, 4) is 0 Å². The Labute approximate surface area is 102 Å². The number of aromatic nitrogens is 2. The van der Waals surface area contributed by atoms with Crippen LogP contribution >= 0.6 is 15.9 Å². The van der Waals surface area contributed by atoms with Crippen LogP contribution in [0.15, 0.2) is 46.1 Å². The highest BCUT2D eigenvalue weighted by Crippen LogP contribution is 2.12. The van der Waals surface area contributed by atoms with Gasteiger partial charge < -0.3 is 0 Å². The van der Waals surface area contributed by atoms with E-state index in [9.17, 15) is 0 Å². The largest absolute Gasteiger partial charge is 0.278 e. The van der Waals surface area contributed by atoms with E-state index in [0.29, 0.717) is 0 Å². The number of hydrogen-bond acceptors (Lipinski definition) is 3. The molecule has 5 heteroatoms. The first-order valence-corrected chi connectivity index (χ1v) is 5.58. The predicted molar refractivity (Wildman–Crippen MR) is 68.6 cm³/mol. The maximum atomic E-state index is 4.22. The quantitative estimate of drug-likeness (QED) is 0.693. The van der Waals surface area contributed by atoms with Crippen LogP contribution in [0.4, 0.5) is 5.69 Å². The number of nitrogens with one attached hydrogen (secondary N) is 1. The summed E-state index contributed by atoms with van der Waals surface area (Å²) in [5.41, 5.74) is 4.68. The molecule has 1 aromatic heterocycles. The Hall–Kier alpha value is -1.62. The number of nitrogens with zero attached hydrogens (tertiary/aromatic N) is 3. The maximum Gasteiger partial charge on any atom is 0.119 e. The van der Waals surface area contributed by atoms with Crippen LogP contribution in [0.3, 0.4) is 0 Å². The Morgan fingerprint density at radius 2 is 2.12 bits per heavy atom. The lowest BCUT2D eigenvalue weighted by Gasteiger charge is -1.97. The van der Waals surface area contributed by atoms with E-state index in [1.807, 2.05) is 43.6 Å². The maximum absolute atomic E-state index is 4.22. The minimum absolute atomic E-state index is 0.797. The van der Waals surface area contributed by atoms with Crippen molar-refractivity contribution in [2.45, 2.75) is 0 Å². The summed E-state index contributed by atoms with van der Waals surface area (Å²) in [6.07, 6.45) is 3.56. The number of hydrazone groups is 1. The van der Waals surface area contributed by atoms with Crippen molar-refractivity contribution in [2.24, 2.45) is 12.1 Å². The van der Waals surface area contributed by atoms with E-state index in [1.165, 1.54) is 0 Å². The normalized spacial score (nSPS) is 10.9. The molecule has 1 heterocycles. The van der Waals surface area contributed by atoms with Gasteiger partial charge in [0.2, 0.25) is 0 Å². The summed E-state index contributed by atoms with van der Waals surface area (Å²) < 4.78 is 2.65. The SMILES string of the molecule is Cn1cc(Br)c(/C=N\Nc2ccccc2)n1. The highest BCUT2D eigenvalue weighted by molar-refractivity contribution is 9.10. The lowest BCUT2D eigenvalue weighted by Crippen LogP contribution is -1.93. The second-order valence-electron chi connectivity index (χ2n) is 3.27. The first-order chi connectivity index (χ1) is 7.75. The molecule has 2 aromatic rings. The van der Waals surface area contributed by atoms with Crippen molar-refractivity contribution in [1.82, 2.24) is 9.78 Å². The molecule has 1 N–H and O–H groups in total. The molecular weight excluding hydrogens is 268 g/mol. The number of aryl methyl sites for hydroxylation is 1. The summed E-state index contributed by atoms with van der Waals surface area (Å²) in [7, 11) is 1.87. The molecule has 0 unspecified atom stereocenters. The summed E-state index contributed by atoms with van der Waals surface area (Å²) >= 11 is 3.40. The molecule has 0 aliphatic rings. The molecule has 0 amide bonds. The van der Waals surface area contributed by atoms with Gasteiger partial charge in [-0.3, -0.25) is 10.1 Å². The molecule has 0 fully saturated rings. The van der Waals surface area contributed by atoms with E-state index in [0.717, 1.165) is 15.9 Å². The summed E-state index contributed by atoms with van der Waals surface area (Å²) in [6.45, 7) is 0. The van der Waals surface area contributed by atoms with Crippen LogP contribution in [-0.2, 0) is 7.05 Å². The van der Waals surface area contributed by atoms with Crippen molar-refractivity contribution in [2.75, 3.05) is 5.43 Å². The molecule has 0 radical (unpaired) electrons. The summed E-state index contributed by atoms with van der Waals surface area (Å²) in [5.74, 6) is 0. The van der Waals surface area contributed by atoms with Gasteiger partial charge >= 0.3 is 0 Å². The number of anilines is 1. The molecule has 82 valence electrons. The van der Waals surface area contributed by atoms with Gasteiger partial charge in [0.05, 0.1) is 16.4 Å². The number of benzene rings is 1. The van der Waals surface area contributed by atoms with Gasteiger partial charge in [-0.1, -0.05) is 18.2 Å². The topological polar surface area (TPSA) is 42.2 Å². The molecule has 0 saturated carbocycles. The zero-order valence-corrected chi connectivity index (χ0v) is 10.3. The van der Waals surface area contributed by atoms with E-state index >= 15 is 0 Å². The molecule has 0 bridgehead atoms. The molecule has 16 heavy (non-hydrogen) atoms. The molecule has 0 spiro atoms. The second-order valence-corrected chi connectivity index (χ2v) is 4.13. The smallest absolute Gasteiger partial charge is 0.119 e. The van der Waals surface area contributed by atoms with Gasteiger partial charge in [-0.25, -0.2) is 0 Å². The van der Waals surface area contributed by atoms with Gasteiger partial charge in [0.15, 0.2) is 0 Å². The number of halogens is 1. The van der Waals surface area contributed by atoms with Crippen LogP contribution < -0.4 is 5.43 Å². The first kappa shape index (κ1) is 10.9. The Bertz CT molecular complexity index is 490. The Kier molecular flexibility index (Phi) is 3.36. The van der Waals surface area contributed by atoms with Crippen molar-refractivity contribution in [1.29, 1.82) is 0 Å². The van der Waals surface area contributed by atoms with Crippen LogP contribution in [0.5, 0.6) is 0 Å². The van der Waals surface area contributed by atoms with E-state index < -0.39 is 0 Å². The summed E-state index contributed by atoms with van der Waals surface area (Å²) in [6, 6.07) is 9.77. The van der Waals surface area contributed by atoms with E-state index in [4.69, 9.17) is 0 Å². The van der Waals surface area contributed by atoms with Gasteiger partial charge in [0.1, 0.15) is 5.69 Å². The summed E-state index contributed by atoms with van der Waals surface area (Å²) in [4.78, 5) is 0. The zero-order valence-electron chi connectivity index (χ0n) is 8.76. The minimum atomic E-state index is 0.797. The van der Waals surface area contributed by atoms with Gasteiger partial charge in [-0.05, 0) is 28.1 Å².